The zero-order chi connectivity index (χ0) is 11.8. The molecule has 0 bridgehead atoms. The minimum Gasteiger partial charge on any atom is -0.352 e. The fourth-order valence-corrected chi connectivity index (χ4v) is 1.54. The molecule has 0 radical (unpaired) electrons. The summed E-state index contributed by atoms with van der Waals surface area (Å²) in [6.45, 7) is 8.45. The molecule has 88 valence electrons. The van der Waals surface area contributed by atoms with E-state index < -0.39 is 0 Å². The lowest BCUT2D eigenvalue weighted by molar-refractivity contribution is 0.759. The number of nitrogens with zero attached hydrogens (tertiary/aromatic N) is 3. The first-order valence-corrected chi connectivity index (χ1v) is 5.63. The lowest BCUT2D eigenvalue weighted by Gasteiger charge is -2.21. The van der Waals surface area contributed by atoms with E-state index in [4.69, 9.17) is 0 Å². The van der Waals surface area contributed by atoms with Gasteiger partial charge in [-0.1, -0.05) is 13.0 Å². The van der Waals surface area contributed by atoms with Crippen molar-refractivity contribution in [1.82, 2.24) is 15.3 Å². The van der Waals surface area contributed by atoms with Gasteiger partial charge in [0.25, 0.3) is 0 Å². The Kier molecular flexibility index (Phi) is 5.50. The van der Waals surface area contributed by atoms with Gasteiger partial charge in [-0.2, -0.15) is 0 Å². The third-order valence-corrected chi connectivity index (χ3v) is 2.20. The van der Waals surface area contributed by atoms with Crippen LogP contribution in [0.25, 0.3) is 0 Å². The first-order valence-electron chi connectivity index (χ1n) is 5.63. The second-order valence-electron chi connectivity index (χ2n) is 3.63. The smallest absolute Gasteiger partial charge is 0.147 e. The van der Waals surface area contributed by atoms with E-state index in [1.54, 1.807) is 12.4 Å². The molecule has 16 heavy (non-hydrogen) atoms. The van der Waals surface area contributed by atoms with E-state index in [2.05, 4.69) is 33.7 Å². The van der Waals surface area contributed by atoms with E-state index in [1.165, 1.54) is 0 Å². The van der Waals surface area contributed by atoms with Gasteiger partial charge in [0.15, 0.2) is 0 Å². The van der Waals surface area contributed by atoms with E-state index in [1.807, 2.05) is 13.1 Å². The number of rotatable bonds is 7. The van der Waals surface area contributed by atoms with Crippen molar-refractivity contribution in [2.75, 3.05) is 25.0 Å². The molecule has 4 nitrogen and oxygen atoms in total. The van der Waals surface area contributed by atoms with Crippen molar-refractivity contribution >= 4 is 5.82 Å². The van der Waals surface area contributed by atoms with E-state index in [9.17, 15) is 0 Å². The number of anilines is 1. The third kappa shape index (κ3) is 3.62. The highest BCUT2D eigenvalue weighted by Gasteiger charge is 2.06. The lowest BCUT2D eigenvalue weighted by Crippen LogP contribution is -2.25. The summed E-state index contributed by atoms with van der Waals surface area (Å²) >= 11 is 0. The molecule has 1 N–H and O–H groups in total. The average Bonchev–Trinajstić information content (AvgIpc) is 2.30. The first-order chi connectivity index (χ1) is 7.81. The van der Waals surface area contributed by atoms with Crippen LogP contribution in [0.3, 0.4) is 0 Å². The zero-order valence-electron chi connectivity index (χ0n) is 10.1. The van der Waals surface area contributed by atoms with E-state index in [0.717, 1.165) is 37.6 Å². The maximum Gasteiger partial charge on any atom is 0.147 e. The Hall–Kier alpha value is -1.42. The number of aromatic nitrogens is 2. The maximum atomic E-state index is 4.55. The monoisotopic (exact) mass is 220 g/mol. The summed E-state index contributed by atoms with van der Waals surface area (Å²) in [7, 11) is 1.90. The molecule has 1 aromatic rings. The van der Waals surface area contributed by atoms with Crippen LogP contribution < -0.4 is 10.2 Å². The summed E-state index contributed by atoms with van der Waals surface area (Å²) in [5, 5.41) is 3.07. The summed E-state index contributed by atoms with van der Waals surface area (Å²) in [5.74, 6) is 0.925. The molecule has 0 unspecified atom stereocenters. The van der Waals surface area contributed by atoms with Crippen LogP contribution in [0.5, 0.6) is 0 Å². The van der Waals surface area contributed by atoms with Crippen LogP contribution in [0.1, 0.15) is 19.0 Å². The zero-order valence-corrected chi connectivity index (χ0v) is 10.1. The lowest BCUT2D eigenvalue weighted by atomic mass is 10.3. The Morgan fingerprint density at radius 2 is 2.31 bits per heavy atom. The Labute approximate surface area is 97.4 Å². The minimum absolute atomic E-state index is 0.745. The Bertz CT molecular complexity index is 325. The van der Waals surface area contributed by atoms with Gasteiger partial charge in [0.05, 0.1) is 11.9 Å². The second-order valence-corrected chi connectivity index (χ2v) is 3.63. The van der Waals surface area contributed by atoms with Crippen LogP contribution in [0.15, 0.2) is 25.0 Å². The predicted octanol–water partition coefficient (Wildman–Crippen LogP) is 1.60. The molecule has 1 aromatic heterocycles. The molecule has 0 aliphatic heterocycles. The summed E-state index contributed by atoms with van der Waals surface area (Å²) in [6, 6.07) is 0. The molecule has 4 heteroatoms. The number of nitrogens with one attached hydrogen (secondary N) is 1. The Balaban J connectivity index is 2.81. The van der Waals surface area contributed by atoms with Crippen molar-refractivity contribution in [3.63, 3.8) is 0 Å². The standard InChI is InChI=1S/C12H20N4/c1-4-6-16(7-5-2)12-10-14-9-11(15-12)8-13-3/h4,9-10,13H,1,5-8H2,2-3H3. The molecule has 0 spiro atoms. The molecular weight excluding hydrogens is 200 g/mol. The topological polar surface area (TPSA) is 41.1 Å². The molecule has 0 amide bonds. The van der Waals surface area contributed by atoms with Gasteiger partial charge in [-0.15, -0.1) is 6.58 Å². The minimum atomic E-state index is 0.745. The quantitative estimate of drug-likeness (QED) is 0.709. The van der Waals surface area contributed by atoms with Gasteiger partial charge in [0.1, 0.15) is 5.82 Å². The average molecular weight is 220 g/mol. The SMILES string of the molecule is C=CCN(CCC)c1cncc(CNC)n1. The molecule has 0 aromatic carbocycles. The summed E-state index contributed by atoms with van der Waals surface area (Å²) < 4.78 is 0. The molecule has 0 saturated heterocycles. The molecule has 1 rings (SSSR count). The van der Waals surface area contributed by atoms with Crippen molar-refractivity contribution in [3.05, 3.63) is 30.7 Å². The van der Waals surface area contributed by atoms with Gasteiger partial charge in [-0.05, 0) is 13.5 Å². The largest absolute Gasteiger partial charge is 0.352 e. The van der Waals surface area contributed by atoms with E-state index in [-0.39, 0.29) is 0 Å². The van der Waals surface area contributed by atoms with Gasteiger partial charge in [-0.25, -0.2) is 4.98 Å². The summed E-state index contributed by atoms with van der Waals surface area (Å²) in [4.78, 5) is 10.9. The molecule has 0 aliphatic rings. The van der Waals surface area contributed by atoms with E-state index >= 15 is 0 Å². The Morgan fingerprint density at radius 1 is 1.50 bits per heavy atom. The van der Waals surface area contributed by atoms with Gasteiger partial charge >= 0.3 is 0 Å². The number of hydrogen-bond acceptors (Lipinski definition) is 4. The summed E-state index contributed by atoms with van der Waals surface area (Å²) in [5.41, 5.74) is 0.963. The Morgan fingerprint density at radius 3 is 2.94 bits per heavy atom. The van der Waals surface area contributed by atoms with E-state index in [0.29, 0.717) is 0 Å². The molecule has 0 saturated carbocycles. The van der Waals surface area contributed by atoms with Crippen LogP contribution in [0, 0.1) is 0 Å². The highest BCUT2D eigenvalue weighted by Crippen LogP contribution is 2.10. The normalized spacial score (nSPS) is 10.1. The highest BCUT2D eigenvalue weighted by atomic mass is 15.2. The van der Waals surface area contributed by atoms with Crippen LogP contribution in [0.2, 0.25) is 0 Å². The van der Waals surface area contributed by atoms with Crippen LogP contribution in [-0.2, 0) is 6.54 Å². The van der Waals surface area contributed by atoms with Gasteiger partial charge in [-0.3, -0.25) is 4.98 Å². The fourth-order valence-electron chi connectivity index (χ4n) is 1.54. The summed E-state index contributed by atoms with van der Waals surface area (Å²) in [6.07, 6.45) is 6.57. The highest BCUT2D eigenvalue weighted by molar-refractivity contribution is 5.37. The molecule has 0 aliphatic carbocycles. The molecule has 0 atom stereocenters. The van der Waals surface area contributed by atoms with Crippen molar-refractivity contribution in [2.24, 2.45) is 0 Å². The molecule has 1 heterocycles. The second kappa shape index (κ2) is 6.95. The number of hydrogen-bond donors (Lipinski definition) is 1. The van der Waals surface area contributed by atoms with Crippen molar-refractivity contribution < 1.29 is 0 Å². The van der Waals surface area contributed by atoms with Gasteiger partial charge < -0.3 is 10.2 Å². The maximum absolute atomic E-state index is 4.55. The molecular formula is C12H20N4. The van der Waals surface area contributed by atoms with Crippen LogP contribution in [0.4, 0.5) is 5.82 Å². The molecule has 0 fully saturated rings. The van der Waals surface area contributed by atoms with Gasteiger partial charge in [0, 0.05) is 25.8 Å². The van der Waals surface area contributed by atoms with Crippen molar-refractivity contribution in [1.29, 1.82) is 0 Å². The van der Waals surface area contributed by atoms with Crippen LogP contribution in [-0.4, -0.2) is 30.1 Å². The third-order valence-electron chi connectivity index (χ3n) is 2.20. The van der Waals surface area contributed by atoms with Gasteiger partial charge in [0.2, 0.25) is 0 Å². The fraction of sp³-hybridized carbons (Fsp3) is 0.500. The first kappa shape index (κ1) is 12.6. The van der Waals surface area contributed by atoms with Crippen LogP contribution >= 0.6 is 0 Å². The van der Waals surface area contributed by atoms with Crippen molar-refractivity contribution in [2.45, 2.75) is 19.9 Å². The predicted molar refractivity (Wildman–Crippen MR) is 67.5 cm³/mol. The van der Waals surface area contributed by atoms with Crippen molar-refractivity contribution in [3.8, 4) is 0 Å².